The first-order valence-corrected chi connectivity index (χ1v) is 6.76. The summed E-state index contributed by atoms with van der Waals surface area (Å²) in [6.07, 6.45) is 4.63. The highest BCUT2D eigenvalue weighted by Gasteiger charge is 2.18. The monoisotopic (exact) mass is 269 g/mol. The highest BCUT2D eigenvalue weighted by molar-refractivity contribution is 7.10. The number of aromatic nitrogens is 2. The molecule has 0 saturated heterocycles. The van der Waals surface area contributed by atoms with Gasteiger partial charge in [0.05, 0.1) is 5.02 Å². The van der Waals surface area contributed by atoms with Gasteiger partial charge in [-0.3, -0.25) is 0 Å². The molecular formula is C12H16ClN3S. The fraction of sp³-hybridized carbons (Fsp3) is 0.417. The number of likely N-dealkylation sites (N-methyl/N-ethyl adjacent to an activating group) is 1. The van der Waals surface area contributed by atoms with E-state index >= 15 is 0 Å². The van der Waals surface area contributed by atoms with Crippen molar-refractivity contribution in [3.8, 4) is 0 Å². The first-order valence-electron chi connectivity index (χ1n) is 5.50. The molecule has 0 aliphatic carbocycles. The first-order chi connectivity index (χ1) is 8.13. The van der Waals surface area contributed by atoms with E-state index in [0.717, 1.165) is 22.8 Å². The zero-order valence-corrected chi connectivity index (χ0v) is 11.8. The molecule has 2 aromatic heterocycles. The maximum atomic E-state index is 6.31. The van der Waals surface area contributed by atoms with Crippen molar-refractivity contribution >= 4 is 22.9 Å². The summed E-state index contributed by atoms with van der Waals surface area (Å²) >= 11 is 8.01. The summed E-state index contributed by atoms with van der Waals surface area (Å²) in [5, 5.41) is 6.29. The Morgan fingerprint density at radius 3 is 2.82 bits per heavy atom. The molecule has 0 saturated carbocycles. The molecule has 0 bridgehead atoms. The van der Waals surface area contributed by atoms with Crippen LogP contribution in [0.4, 0.5) is 0 Å². The number of hydrogen-bond acceptors (Lipinski definition) is 3. The number of nitrogens with zero attached hydrogens (tertiary/aromatic N) is 2. The standard InChI is InChI=1S/C12H16ClN3S/c1-8-7-17-12(11(8)13)9(14-2)6-10-15-4-5-16(10)3/h4-5,7,9,14H,6H2,1-3H3. The van der Waals surface area contributed by atoms with Crippen LogP contribution in [0.2, 0.25) is 5.02 Å². The highest BCUT2D eigenvalue weighted by atomic mass is 35.5. The van der Waals surface area contributed by atoms with Crippen molar-refractivity contribution in [2.45, 2.75) is 19.4 Å². The van der Waals surface area contributed by atoms with Gasteiger partial charge in [0.2, 0.25) is 0 Å². The van der Waals surface area contributed by atoms with Gasteiger partial charge < -0.3 is 9.88 Å². The van der Waals surface area contributed by atoms with E-state index in [4.69, 9.17) is 11.6 Å². The zero-order chi connectivity index (χ0) is 12.4. The van der Waals surface area contributed by atoms with Crippen LogP contribution in [0.1, 0.15) is 22.3 Å². The average molecular weight is 270 g/mol. The van der Waals surface area contributed by atoms with Crippen LogP contribution in [0.25, 0.3) is 0 Å². The fourth-order valence-electron chi connectivity index (χ4n) is 1.79. The molecule has 2 rings (SSSR count). The molecule has 1 N–H and O–H groups in total. The van der Waals surface area contributed by atoms with Gasteiger partial charge in [0.15, 0.2) is 0 Å². The van der Waals surface area contributed by atoms with E-state index in [-0.39, 0.29) is 6.04 Å². The Balaban J connectivity index is 2.23. The minimum atomic E-state index is 0.224. The lowest BCUT2D eigenvalue weighted by molar-refractivity contribution is 0.572. The topological polar surface area (TPSA) is 29.9 Å². The van der Waals surface area contributed by atoms with E-state index in [9.17, 15) is 0 Å². The van der Waals surface area contributed by atoms with Crippen molar-refractivity contribution in [1.29, 1.82) is 0 Å². The molecule has 0 spiro atoms. The third-order valence-electron chi connectivity index (χ3n) is 2.90. The zero-order valence-electron chi connectivity index (χ0n) is 10.2. The van der Waals surface area contributed by atoms with Gasteiger partial charge in [0.25, 0.3) is 0 Å². The summed E-state index contributed by atoms with van der Waals surface area (Å²) in [4.78, 5) is 5.54. The predicted molar refractivity (Wildman–Crippen MR) is 72.8 cm³/mol. The quantitative estimate of drug-likeness (QED) is 0.925. The third-order valence-corrected chi connectivity index (χ3v) is 4.73. The molecule has 0 aliphatic rings. The fourth-order valence-corrected chi connectivity index (χ4v) is 3.22. The number of hydrogen-bond donors (Lipinski definition) is 1. The van der Waals surface area contributed by atoms with Crippen LogP contribution in [0, 0.1) is 6.92 Å². The van der Waals surface area contributed by atoms with Crippen LogP contribution >= 0.6 is 22.9 Å². The molecule has 1 atom stereocenters. The number of nitrogens with one attached hydrogen (secondary N) is 1. The normalized spacial score (nSPS) is 12.9. The maximum Gasteiger partial charge on any atom is 0.110 e. The van der Waals surface area contributed by atoms with Crippen LogP contribution in [-0.4, -0.2) is 16.6 Å². The second-order valence-electron chi connectivity index (χ2n) is 4.10. The summed E-state index contributed by atoms with van der Waals surface area (Å²) < 4.78 is 2.04. The summed E-state index contributed by atoms with van der Waals surface area (Å²) in [5.74, 6) is 1.06. The third kappa shape index (κ3) is 2.54. The molecule has 0 aromatic carbocycles. The molecular weight excluding hydrogens is 254 g/mol. The molecule has 0 amide bonds. The van der Waals surface area contributed by atoms with Crippen molar-refractivity contribution in [3.63, 3.8) is 0 Å². The van der Waals surface area contributed by atoms with Gasteiger partial charge in [-0.25, -0.2) is 4.98 Å². The lowest BCUT2D eigenvalue weighted by Crippen LogP contribution is -2.19. The second kappa shape index (κ2) is 5.21. The van der Waals surface area contributed by atoms with Crippen LogP contribution in [0.5, 0.6) is 0 Å². The van der Waals surface area contributed by atoms with Crippen LogP contribution in [-0.2, 0) is 13.5 Å². The minimum absolute atomic E-state index is 0.224. The number of aryl methyl sites for hydroxylation is 2. The van der Waals surface area contributed by atoms with Gasteiger partial charge in [-0.2, -0.15) is 0 Å². The van der Waals surface area contributed by atoms with Crippen LogP contribution in [0.3, 0.4) is 0 Å². The number of imidazole rings is 1. The SMILES string of the molecule is CNC(Cc1nccn1C)c1scc(C)c1Cl. The lowest BCUT2D eigenvalue weighted by Gasteiger charge is -2.15. The van der Waals surface area contributed by atoms with Gasteiger partial charge in [0.1, 0.15) is 5.82 Å². The molecule has 0 radical (unpaired) electrons. The average Bonchev–Trinajstić information content (AvgIpc) is 2.85. The Kier molecular flexibility index (Phi) is 3.86. The lowest BCUT2D eigenvalue weighted by atomic mass is 10.1. The maximum absolute atomic E-state index is 6.31. The van der Waals surface area contributed by atoms with Crippen molar-refractivity contribution in [2.24, 2.45) is 7.05 Å². The van der Waals surface area contributed by atoms with Crippen molar-refractivity contribution < 1.29 is 0 Å². The Labute approximate surface area is 110 Å². The van der Waals surface area contributed by atoms with Crippen molar-refractivity contribution in [2.75, 3.05) is 7.05 Å². The molecule has 5 heteroatoms. The van der Waals surface area contributed by atoms with E-state index in [1.54, 1.807) is 11.3 Å². The molecule has 1 unspecified atom stereocenters. The molecule has 0 aliphatic heterocycles. The van der Waals surface area contributed by atoms with E-state index in [0.29, 0.717) is 0 Å². The number of thiophene rings is 1. The Morgan fingerprint density at radius 2 is 2.35 bits per heavy atom. The van der Waals surface area contributed by atoms with Gasteiger partial charge in [-0.05, 0) is 24.9 Å². The summed E-state index contributed by atoms with van der Waals surface area (Å²) in [5.41, 5.74) is 1.15. The van der Waals surface area contributed by atoms with Crippen molar-refractivity contribution in [1.82, 2.24) is 14.9 Å². The van der Waals surface area contributed by atoms with E-state index in [1.807, 2.05) is 38.0 Å². The Bertz CT molecular complexity index is 504. The molecule has 3 nitrogen and oxygen atoms in total. The van der Waals surface area contributed by atoms with Crippen molar-refractivity contribution in [3.05, 3.63) is 39.1 Å². The smallest absolute Gasteiger partial charge is 0.110 e. The molecule has 2 heterocycles. The van der Waals surface area contributed by atoms with E-state index in [1.165, 1.54) is 4.88 Å². The van der Waals surface area contributed by atoms with Gasteiger partial charge in [-0.1, -0.05) is 11.6 Å². The van der Waals surface area contributed by atoms with Crippen LogP contribution in [0.15, 0.2) is 17.8 Å². The van der Waals surface area contributed by atoms with Gasteiger partial charge >= 0.3 is 0 Å². The van der Waals surface area contributed by atoms with E-state index < -0.39 is 0 Å². The summed E-state index contributed by atoms with van der Waals surface area (Å²) in [6.45, 7) is 2.04. The van der Waals surface area contributed by atoms with Crippen LogP contribution < -0.4 is 5.32 Å². The molecule has 17 heavy (non-hydrogen) atoms. The number of rotatable bonds is 4. The molecule has 2 aromatic rings. The second-order valence-corrected chi connectivity index (χ2v) is 5.39. The molecule has 92 valence electrons. The van der Waals surface area contributed by atoms with Gasteiger partial charge in [0, 0.05) is 36.8 Å². The number of halogens is 1. The summed E-state index contributed by atoms with van der Waals surface area (Å²) in [6, 6.07) is 0.224. The van der Waals surface area contributed by atoms with Gasteiger partial charge in [-0.15, -0.1) is 11.3 Å². The summed E-state index contributed by atoms with van der Waals surface area (Å²) in [7, 11) is 3.97. The first kappa shape index (κ1) is 12.6. The highest BCUT2D eigenvalue weighted by Crippen LogP contribution is 2.33. The molecule has 0 fully saturated rings. The minimum Gasteiger partial charge on any atom is -0.338 e. The largest absolute Gasteiger partial charge is 0.338 e. The Morgan fingerprint density at radius 1 is 1.59 bits per heavy atom. The van der Waals surface area contributed by atoms with E-state index in [2.05, 4.69) is 15.7 Å². The Hall–Kier alpha value is -0.840. The predicted octanol–water partition coefficient (Wildman–Crippen LogP) is 2.95.